The van der Waals surface area contributed by atoms with Crippen molar-refractivity contribution in [3.63, 3.8) is 0 Å². The predicted molar refractivity (Wildman–Crippen MR) is 126 cm³/mol. The summed E-state index contributed by atoms with van der Waals surface area (Å²) in [5.41, 5.74) is 2.15. The summed E-state index contributed by atoms with van der Waals surface area (Å²) in [6.45, 7) is 3.64. The van der Waals surface area contributed by atoms with Crippen LogP contribution in [0.4, 0.5) is 0 Å². The minimum atomic E-state index is -3.42. The second-order valence-electron chi connectivity index (χ2n) is 8.88. The maximum absolute atomic E-state index is 13.1. The third kappa shape index (κ3) is 5.22. The highest BCUT2D eigenvalue weighted by Crippen LogP contribution is 2.26. The van der Waals surface area contributed by atoms with E-state index in [1.165, 1.54) is 5.56 Å². The van der Waals surface area contributed by atoms with Gasteiger partial charge in [0.1, 0.15) is 0 Å². The molecule has 32 heavy (non-hydrogen) atoms. The molecule has 0 bridgehead atoms. The Kier molecular flexibility index (Phi) is 7.28. The van der Waals surface area contributed by atoms with Crippen molar-refractivity contribution in [2.75, 3.05) is 39.8 Å². The maximum Gasteiger partial charge on any atom is 0.243 e. The molecular formula is C25H33N3O3S. The molecular weight excluding hydrogens is 422 g/mol. The zero-order valence-corrected chi connectivity index (χ0v) is 19.6. The Balaban J connectivity index is 1.39. The van der Waals surface area contributed by atoms with Crippen molar-refractivity contribution < 1.29 is 13.2 Å². The highest BCUT2D eigenvalue weighted by Gasteiger charge is 2.30. The lowest BCUT2D eigenvalue weighted by molar-refractivity contribution is -0.136. The summed E-state index contributed by atoms with van der Waals surface area (Å²) in [7, 11) is -1.32. The zero-order valence-electron chi connectivity index (χ0n) is 18.8. The number of benzene rings is 2. The Morgan fingerprint density at radius 3 is 2.28 bits per heavy atom. The first-order valence-electron chi connectivity index (χ1n) is 11.6. The Hall–Kier alpha value is -2.22. The second-order valence-corrected chi connectivity index (χ2v) is 10.8. The second kappa shape index (κ2) is 10.1. The molecule has 6 nitrogen and oxygen atoms in total. The number of hydrogen-bond donors (Lipinski definition) is 0. The Labute approximate surface area is 191 Å². The normalized spacial score (nSPS) is 20.9. The largest absolute Gasteiger partial charge is 0.333 e. The minimum Gasteiger partial charge on any atom is -0.333 e. The SMILES string of the molecule is CN1CCN(C(=O)CCc2ccc(S(=O)(=O)N3CCCCC3)cc2)[C@@H](c2ccccc2)C1. The van der Waals surface area contributed by atoms with Gasteiger partial charge in [-0.15, -0.1) is 0 Å². The van der Waals surface area contributed by atoms with Crippen LogP contribution in [0.25, 0.3) is 0 Å². The molecule has 2 fully saturated rings. The Bertz CT molecular complexity index is 1000. The summed E-state index contributed by atoms with van der Waals surface area (Å²) in [5.74, 6) is 0.150. The number of likely N-dealkylation sites (N-methyl/N-ethyl adjacent to an activating group) is 1. The molecule has 2 saturated heterocycles. The molecule has 2 aromatic rings. The standard InChI is InChI=1S/C25H33N3O3S/c1-26-18-19-28(24(20-26)22-8-4-2-5-9-22)25(29)15-12-21-10-13-23(14-11-21)32(30,31)27-16-6-3-7-17-27/h2,4-5,8-11,13-14,24H,3,6-7,12,15-20H2,1H3/t24-/m1/s1. The minimum absolute atomic E-state index is 0.0690. The number of carbonyl (C=O) groups excluding carboxylic acids is 1. The van der Waals surface area contributed by atoms with E-state index in [-0.39, 0.29) is 11.9 Å². The molecule has 0 spiro atoms. The number of piperidine rings is 1. The first kappa shape index (κ1) is 23.0. The number of amides is 1. The van der Waals surface area contributed by atoms with Gasteiger partial charge >= 0.3 is 0 Å². The molecule has 0 unspecified atom stereocenters. The van der Waals surface area contributed by atoms with Gasteiger partial charge in [0.05, 0.1) is 10.9 Å². The number of hydrogen-bond acceptors (Lipinski definition) is 4. The Morgan fingerprint density at radius 1 is 0.906 bits per heavy atom. The molecule has 0 radical (unpaired) electrons. The highest BCUT2D eigenvalue weighted by molar-refractivity contribution is 7.89. The first-order chi connectivity index (χ1) is 15.4. The van der Waals surface area contributed by atoms with Crippen molar-refractivity contribution in [2.45, 2.75) is 43.0 Å². The molecule has 172 valence electrons. The number of sulfonamides is 1. The summed E-state index contributed by atoms with van der Waals surface area (Å²) in [6.07, 6.45) is 3.98. The lowest BCUT2D eigenvalue weighted by atomic mass is 10.0. The fourth-order valence-corrected chi connectivity index (χ4v) is 6.17. The van der Waals surface area contributed by atoms with Crippen LogP contribution in [0.1, 0.15) is 42.9 Å². The van der Waals surface area contributed by atoms with Crippen LogP contribution >= 0.6 is 0 Å². The molecule has 1 amide bonds. The van der Waals surface area contributed by atoms with Crippen molar-refractivity contribution in [3.05, 3.63) is 65.7 Å². The summed E-state index contributed by atoms with van der Waals surface area (Å²) in [5, 5.41) is 0. The number of aryl methyl sites for hydroxylation is 1. The molecule has 4 rings (SSSR count). The quantitative estimate of drug-likeness (QED) is 0.671. The summed E-state index contributed by atoms with van der Waals surface area (Å²) < 4.78 is 27.2. The monoisotopic (exact) mass is 455 g/mol. The average molecular weight is 456 g/mol. The van der Waals surface area contributed by atoms with Crippen LogP contribution in [0.3, 0.4) is 0 Å². The van der Waals surface area contributed by atoms with Crippen molar-refractivity contribution in [1.82, 2.24) is 14.1 Å². The third-order valence-corrected chi connectivity index (χ3v) is 8.50. The van der Waals surface area contributed by atoms with Crippen LogP contribution in [0.2, 0.25) is 0 Å². The Morgan fingerprint density at radius 2 is 1.59 bits per heavy atom. The molecule has 2 aromatic carbocycles. The van der Waals surface area contributed by atoms with E-state index in [9.17, 15) is 13.2 Å². The van der Waals surface area contributed by atoms with Gasteiger partial charge in [-0.25, -0.2) is 8.42 Å². The molecule has 2 heterocycles. The molecule has 0 aliphatic carbocycles. The topological polar surface area (TPSA) is 60.9 Å². The van der Waals surface area contributed by atoms with Gasteiger partial charge in [-0.1, -0.05) is 48.9 Å². The fraction of sp³-hybridized carbons (Fsp3) is 0.480. The summed E-state index contributed by atoms with van der Waals surface area (Å²) in [6, 6.07) is 17.4. The van der Waals surface area contributed by atoms with Crippen molar-refractivity contribution >= 4 is 15.9 Å². The molecule has 0 saturated carbocycles. The van der Waals surface area contributed by atoms with E-state index in [2.05, 4.69) is 24.1 Å². The fourth-order valence-electron chi connectivity index (χ4n) is 4.66. The van der Waals surface area contributed by atoms with Crippen LogP contribution in [-0.2, 0) is 21.2 Å². The lowest BCUT2D eigenvalue weighted by Crippen LogP contribution is -2.49. The molecule has 0 N–H and O–H groups in total. The predicted octanol–water partition coefficient (Wildman–Crippen LogP) is 3.31. The third-order valence-electron chi connectivity index (χ3n) is 6.59. The van der Waals surface area contributed by atoms with Gasteiger partial charge in [-0.2, -0.15) is 4.31 Å². The lowest BCUT2D eigenvalue weighted by Gasteiger charge is -2.40. The molecule has 1 atom stereocenters. The van der Waals surface area contributed by atoms with Crippen LogP contribution in [-0.4, -0.2) is 68.2 Å². The highest BCUT2D eigenvalue weighted by atomic mass is 32.2. The number of carbonyl (C=O) groups is 1. The van der Waals surface area contributed by atoms with Gasteiger partial charge in [-0.3, -0.25) is 4.79 Å². The van der Waals surface area contributed by atoms with Crippen LogP contribution in [0.5, 0.6) is 0 Å². The van der Waals surface area contributed by atoms with Gasteiger partial charge in [-0.05, 0) is 49.6 Å². The van der Waals surface area contributed by atoms with Crippen molar-refractivity contribution in [2.24, 2.45) is 0 Å². The van der Waals surface area contributed by atoms with E-state index < -0.39 is 10.0 Å². The van der Waals surface area contributed by atoms with Gasteiger partial charge in [0.2, 0.25) is 15.9 Å². The van der Waals surface area contributed by atoms with Gasteiger partial charge in [0, 0.05) is 39.1 Å². The van der Waals surface area contributed by atoms with Crippen LogP contribution in [0.15, 0.2) is 59.5 Å². The molecule has 0 aromatic heterocycles. The van der Waals surface area contributed by atoms with Crippen molar-refractivity contribution in [1.29, 1.82) is 0 Å². The van der Waals surface area contributed by atoms with E-state index in [4.69, 9.17) is 0 Å². The van der Waals surface area contributed by atoms with E-state index in [1.54, 1.807) is 16.4 Å². The molecule has 2 aliphatic heterocycles. The van der Waals surface area contributed by atoms with Crippen LogP contribution < -0.4 is 0 Å². The summed E-state index contributed by atoms with van der Waals surface area (Å²) in [4.78, 5) is 17.7. The van der Waals surface area contributed by atoms with E-state index >= 15 is 0 Å². The average Bonchev–Trinajstić information content (AvgIpc) is 2.84. The first-order valence-corrected chi connectivity index (χ1v) is 13.0. The summed E-state index contributed by atoms with van der Waals surface area (Å²) >= 11 is 0. The van der Waals surface area contributed by atoms with E-state index in [1.807, 2.05) is 35.2 Å². The number of nitrogens with zero attached hydrogens (tertiary/aromatic N) is 3. The van der Waals surface area contributed by atoms with Gasteiger partial charge in [0.15, 0.2) is 0 Å². The molecule has 2 aliphatic rings. The smallest absolute Gasteiger partial charge is 0.243 e. The van der Waals surface area contributed by atoms with E-state index in [0.29, 0.717) is 30.8 Å². The van der Waals surface area contributed by atoms with Crippen molar-refractivity contribution in [3.8, 4) is 0 Å². The van der Waals surface area contributed by atoms with Crippen LogP contribution in [0, 0.1) is 0 Å². The number of rotatable bonds is 6. The van der Waals surface area contributed by atoms with E-state index in [0.717, 1.165) is 44.5 Å². The number of piperazine rings is 1. The zero-order chi connectivity index (χ0) is 22.6. The molecule has 7 heteroatoms. The van der Waals surface area contributed by atoms with Gasteiger partial charge < -0.3 is 9.80 Å². The maximum atomic E-state index is 13.1. The van der Waals surface area contributed by atoms with Gasteiger partial charge in [0.25, 0.3) is 0 Å².